The van der Waals surface area contributed by atoms with Crippen molar-refractivity contribution in [3.05, 3.63) is 66.4 Å². The van der Waals surface area contributed by atoms with Crippen LogP contribution in [0.15, 0.2) is 60.8 Å². The zero-order valence-electron chi connectivity index (χ0n) is 16.6. The summed E-state index contributed by atoms with van der Waals surface area (Å²) in [5.41, 5.74) is 2.74. The molecule has 0 bridgehead atoms. The molecular weight excluding hydrogens is 364 g/mol. The molecule has 6 nitrogen and oxygen atoms in total. The minimum absolute atomic E-state index is 0.119. The highest BCUT2D eigenvalue weighted by molar-refractivity contribution is 5.92. The molecule has 0 saturated carbocycles. The molecule has 1 saturated heterocycles. The second-order valence-corrected chi connectivity index (χ2v) is 7.29. The Morgan fingerprint density at radius 1 is 1.14 bits per heavy atom. The molecule has 1 atom stereocenters. The number of fused-ring (bicyclic) bond motifs is 1. The van der Waals surface area contributed by atoms with Gasteiger partial charge >= 0.3 is 6.03 Å². The van der Waals surface area contributed by atoms with Gasteiger partial charge in [-0.15, -0.1) is 0 Å². The van der Waals surface area contributed by atoms with Gasteiger partial charge in [-0.3, -0.25) is 9.88 Å². The number of benzene rings is 2. The van der Waals surface area contributed by atoms with Gasteiger partial charge in [-0.2, -0.15) is 0 Å². The van der Waals surface area contributed by atoms with Gasteiger partial charge < -0.3 is 15.4 Å². The molecule has 1 unspecified atom stereocenters. The first-order valence-electron chi connectivity index (χ1n) is 10.0. The number of amides is 2. The lowest BCUT2D eigenvalue weighted by Crippen LogP contribution is -2.38. The van der Waals surface area contributed by atoms with Crippen molar-refractivity contribution in [2.45, 2.75) is 18.9 Å². The lowest BCUT2D eigenvalue weighted by molar-refractivity contribution is 0.227. The van der Waals surface area contributed by atoms with Crippen LogP contribution in [0.3, 0.4) is 0 Å². The van der Waals surface area contributed by atoms with Crippen molar-refractivity contribution in [2.75, 3.05) is 32.1 Å². The van der Waals surface area contributed by atoms with E-state index in [9.17, 15) is 4.79 Å². The second-order valence-electron chi connectivity index (χ2n) is 7.29. The van der Waals surface area contributed by atoms with Gasteiger partial charge in [0, 0.05) is 11.9 Å². The Hall–Kier alpha value is -3.12. The van der Waals surface area contributed by atoms with Crippen molar-refractivity contribution >= 4 is 22.6 Å². The number of para-hydroxylation sites is 1. The van der Waals surface area contributed by atoms with Crippen LogP contribution in [0.4, 0.5) is 10.5 Å². The highest BCUT2D eigenvalue weighted by atomic mass is 16.5. The predicted octanol–water partition coefficient (Wildman–Crippen LogP) is 4.20. The van der Waals surface area contributed by atoms with E-state index in [0.717, 1.165) is 35.3 Å². The van der Waals surface area contributed by atoms with Crippen LogP contribution in [-0.2, 0) is 0 Å². The minimum atomic E-state index is -0.228. The molecule has 2 N–H and O–H groups in total. The Labute approximate surface area is 170 Å². The third-order valence-electron chi connectivity index (χ3n) is 5.36. The van der Waals surface area contributed by atoms with E-state index in [-0.39, 0.29) is 12.1 Å². The maximum atomic E-state index is 12.5. The second kappa shape index (κ2) is 8.92. The summed E-state index contributed by atoms with van der Waals surface area (Å²) in [5.74, 6) is 0.832. The number of nitrogens with zero attached hydrogens (tertiary/aromatic N) is 2. The SMILES string of the molecule is COc1cccc(C(CNC(=O)Nc2cnc3ccccc3c2)N2CCCC2)c1. The summed E-state index contributed by atoms with van der Waals surface area (Å²) in [6.07, 6.45) is 4.06. The molecule has 1 aliphatic heterocycles. The van der Waals surface area contributed by atoms with Crippen molar-refractivity contribution in [1.82, 2.24) is 15.2 Å². The molecule has 2 aromatic carbocycles. The first-order valence-corrected chi connectivity index (χ1v) is 10.0. The summed E-state index contributed by atoms with van der Waals surface area (Å²) < 4.78 is 5.38. The van der Waals surface area contributed by atoms with Crippen LogP contribution in [0.25, 0.3) is 10.9 Å². The molecule has 6 heteroatoms. The first-order chi connectivity index (χ1) is 14.2. The van der Waals surface area contributed by atoms with Gasteiger partial charge in [0.15, 0.2) is 0 Å². The Kier molecular flexibility index (Phi) is 5.91. The fourth-order valence-electron chi connectivity index (χ4n) is 3.86. The first kappa shape index (κ1) is 19.2. The highest BCUT2D eigenvalue weighted by Crippen LogP contribution is 2.27. The summed E-state index contributed by atoms with van der Waals surface area (Å²) in [7, 11) is 1.67. The highest BCUT2D eigenvalue weighted by Gasteiger charge is 2.24. The lowest BCUT2D eigenvalue weighted by atomic mass is 10.1. The average molecular weight is 390 g/mol. The Balaban J connectivity index is 1.43. The molecular formula is C23H26N4O2. The summed E-state index contributed by atoms with van der Waals surface area (Å²) in [6.45, 7) is 2.61. The Morgan fingerprint density at radius 3 is 2.79 bits per heavy atom. The molecule has 150 valence electrons. The van der Waals surface area contributed by atoms with Crippen molar-refractivity contribution < 1.29 is 9.53 Å². The van der Waals surface area contributed by atoms with Crippen LogP contribution >= 0.6 is 0 Å². The van der Waals surface area contributed by atoms with Crippen molar-refractivity contribution in [3.63, 3.8) is 0 Å². The van der Waals surface area contributed by atoms with Crippen LogP contribution in [0.1, 0.15) is 24.4 Å². The van der Waals surface area contributed by atoms with E-state index in [1.165, 1.54) is 12.8 Å². The van der Waals surface area contributed by atoms with Crippen LogP contribution in [0.2, 0.25) is 0 Å². The number of rotatable bonds is 6. The Bertz CT molecular complexity index is 985. The molecule has 1 aliphatic rings. The van der Waals surface area contributed by atoms with Crippen LogP contribution in [-0.4, -0.2) is 42.7 Å². The van der Waals surface area contributed by atoms with Crippen molar-refractivity contribution in [2.24, 2.45) is 0 Å². The van der Waals surface area contributed by atoms with Gasteiger partial charge in [0.2, 0.25) is 0 Å². The van der Waals surface area contributed by atoms with E-state index in [0.29, 0.717) is 12.2 Å². The predicted molar refractivity (Wildman–Crippen MR) is 115 cm³/mol. The van der Waals surface area contributed by atoms with Gasteiger partial charge in [-0.05, 0) is 55.8 Å². The molecule has 0 aliphatic carbocycles. The number of aromatic nitrogens is 1. The number of methoxy groups -OCH3 is 1. The molecule has 0 spiro atoms. The summed E-state index contributed by atoms with van der Waals surface area (Å²) in [4.78, 5) is 19.3. The van der Waals surface area contributed by atoms with Crippen LogP contribution in [0.5, 0.6) is 5.75 Å². The van der Waals surface area contributed by atoms with Gasteiger partial charge in [-0.1, -0.05) is 30.3 Å². The van der Waals surface area contributed by atoms with Crippen LogP contribution < -0.4 is 15.4 Å². The number of carbonyl (C=O) groups is 1. The maximum absolute atomic E-state index is 12.5. The zero-order chi connectivity index (χ0) is 20.1. The molecule has 1 fully saturated rings. The average Bonchev–Trinajstić information content (AvgIpc) is 3.28. The molecule has 29 heavy (non-hydrogen) atoms. The fraction of sp³-hybridized carbons (Fsp3) is 0.304. The number of urea groups is 1. The van der Waals surface area contributed by atoms with E-state index >= 15 is 0 Å². The third-order valence-corrected chi connectivity index (χ3v) is 5.36. The third kappa shape index (κ3) is 4.66. The van der Waals surface area contributed by atoms with E-state index in [4.69, 9.17) is 4.74 Å². The number of anilines is 1. The quantitative estimate of drug-likeness (QED) is 0.662. The molecule has 1 aromatic heterocycles. The summed E-state index contributed by atoms with van der Waals surface area (Å²) >= 11 is 0. The molecule has 3 aromatic rings. The number of carbonyl (C=O) groups excluding carboxylic acids is 1. The zero-order valence-corrected chi connectivity index (χ0v) is 16.6. The van der Waals surface area contributed by atoms with Gasteiger partial charge in [0.05, 0.1) is 30.6 Å². The maximum Gasteiger partial charge on any atom is 0.319 e. The van der Waals surface area contributed by atoms with Crippen molar-refractivity contribution in [3.8, 4) is 5.75 Å². The number of hydrogen-bond donors (Lipinski definition) is 2. The number of ether oxygens (including phenoxy) is 1. The van der Waals surface area contributed by atoms with E-state index in [1.807, 2.05) is 42.5 Å². The van der Waals surface area contributed by atoms with E-state index in [1.54, 1.807) is 13.3 Å². The topological polar surface area (TPSA) is 66.5 Å². The van der Waals surface area contributed by atoms with Gasteiger partial charge in [0.1, 0.15) is 5.75 Å². The number of hydrogen-bond acceptors (Lipinski definition) is 4. The van der Waals surface area contributed by atoms with E-state index in [2.05, 4.69) is 32.7 Å². The largest absolute Gasteiger partial charge is 0.497 e. The van der Waals surface area contributed by atoms with Crippen molar-refractivity contribution in [1.29, 1.82) is 0 Å². The Morgan fingerprint density at radius 2 is 1.97 bits per heavy atom. The standard InChI is InChI=1S/C23H26N4O2/c1-29-20-9-6-8-18(14-20)22(27-11-4-5-12-27)16-25-23(28)26-19-13-17-7-2-3-10-21(17)24-15-19/h2-3,6-10,13-15,22H,4-5,11-12,16H2,1H3,(H2,25,26,28). The number of pyridine rings is 1. The molecule has 4 rings (SSSR count). The smallest absolute Gasteiger partial charge is 0.319 e. The minimum Gasteiger partial charge on any atom is -0.497 e. The monoisotopic (exact) mass is 390 g/mol. The number of nitrogens with one attached hydrogen (secondary N) is 2. The van der Waals surface area contributed by atoms with Crippen LogP contribution in [0, 0.1) is 0 Å². The molecule has 0 radical (unpaired) electrons. The fourth-order valence-corrected chi connectivity index (χ4v) is 3.86. The van der Waals surface area contributed by atoms with E-state index < -0.39 is 0 Å². The summed E-state index contributed by atoms with van der Waals surface area (Å²) in [5, 5.41) is 6.93. The normalized spacial score (nSPS) is 15.2. The number of likely N-dealkylation sites (tertiary alicyclic amines) is 1. The summed E-state index contributed by atoms with van der Waals surface area (Å²) in [6, 6.07) is 17.8. The lowest BCUT2D eigenvalue weighted by Gasteiger charge is -2.28. The molecule has 2 amide bonds. The van der Waals surface area contributed by atoms with Gasteiger partial charge in [0.25, 0.3) is 0 Å². The van der Waals surface area contributed by atoms with Gasteiger partial charge in [-0.25, -0.2) is 4.79 Å². The molecule has 2 heterocycles.